The van der Waals surface area contributed by atoms with Crippen molar-refractivity contribution in [3.8, 4) is 22.5 Å². The average Bonchev–Trinajstić information content (AvgIpc) is 3.28. The van der Waals surface area contributed by atoms with Gasteiger partial charge in [0.05, 0.1) is 17.7 Å². The lowest BCUT2D eigenvalue weighted by molar-refractivity contribution is -0.127. The fourth-order valence-corrected chi connectivity index (χ4v) is 3.91. The molecule has 3 aromatic rings. The quantitative estimate of drug-likeness (QED) is 0.626. The molecule has 144 valence electrons. The van der Waals surface area contributed by atoms with Gasteiger partial charge in [-0.05, 0) is 43.5 Å². The van der Waals surface area contributed by atoms with E-state index in [4.69, 9.17) is 0 Å². The Kier molecular flexibility index (Phi) is 5.24. The number of likely N-dealkylation sites (tertiary alicyclic amines) is 1. The first-order chi connectivity index (χ1) is 13.6. The first-order valence-electron chi connectivity index (χ1n) is 9.78. The van der Waals surface area contributed by atoms with Gasteiger partial charge in [-0.3, -0.25) is 4.79 Å². The van der Waals surface area contributed by atoms with E-state index in [0.29, 0.717) is 6.42 Å². The molecule has 0 spiro atoms. The summed E-state index contributed by atoms with van der Waals surface area (Å²) in [6, 6.07) is 15.1. The number of benzene rings is 2. The molecule has 0 N–H and O–H groups in total. The van der Waals surface area contributed by atoms with Crippen LogP contribution in [0.2, 0.25) is 0 Å². The minimum atomic E-state index is -0.246. The van der Waals surface area contributed by atoms with Gasteiger partial charge < -0.3 is 9.47 Å². The van der Waals surface area contributed by atoms with Crippen LogP contribution in [0.15, 0.2) is 54.9 Å². The van der Waals surface area contributed by atoms with Gasteiger partial charge in [0.15, 0.2) is 0 Å². The summed E-state index contributed by atoms with van der Waals surface area (Å²) in [5.74, 6) is 0.000935. The summed E-state index contributed by atoms with van der Waals surface area (Å²) in [4.78, 5) is 18.4. The summed E-state index contributed by atoms with van der Waals surface area (Å²) < 4.78 is 16.2. The number of nitrogens with zero attached hydrogens (tertiary/aromatic N) is 3. The van der Waals surface area contributed by atoms with Gasteiger partial charge >= 0.3 is 0 Å². The number of imidazole rings is 1. The van der Waals surface area contributed by atoms with Crippen molar-refractivity contribution >= 4 is 5.91 Å². The van der Waals surface area contributed by atoms with Crippen LogP contribution in [0.3, 0.4) is 0 Å². The van der Waals surface area contributed by atoms with Crippen molar-refractivity contribution in [2.75, 3.05) is 13.1 Å². The van der Waals surface area contributed by atoms with Crippen LogP contribution < -0.4 is 0 Å². The molecule has 0 atom stereocenters. The van der Waals surface area contributed by atoms with E-state index in [1.807, 2.05) is 54.5 Å². The van der Waals surface area contributed by atoms with Crippen molar-refractivity contribution in [1.29, 1.82) is 0 Å². The predicted octanol–water partition coefficient (Wildman–Crippen LogP) is 4.68. The normalized spacial score (nSPS) is 14.1. The van der Waals surface area contributed by atoms with E-state index in [9.17, 15) is 9.18 Å². The standard InChI is InChI=1S/C23H24FN3O/c1-17-13-19(15-20(24)14-17)23-22(18-7-3-2-4-8-18)25-16-27(23)12-6-11-26-10-5-9-21(26)28/h2-4,7-8,13-16H,5-6,9-12H2,1H3. The third kappa shape index (κ3) is 3.84. The number of rotatable bonds is 6. The molecule has 28 heavy (non-hydrogen) atoms. The van der Waals surface area contributed by atoms with Gasteiger partial charge in [-0.1, -0.05) is 30.3 Å². The molecule has 0 unspecified atom stereocenters. The van der Waals surface area contributed by atoms with Crippen LogP contribution in [0.1, 0.15) is 24.8 Å². The highest BCUT2D eigenvalue weighted by atomic mass is 19.1. The summed E-state index contributed by atoms with van der Waals surface area (Å²) in [7, 11) is 0. The van der Waals surface area contributed by atoms with Crippen LogP contribution in [0.25, 0.3) is 22.5 Å². The van der Waals surface area contributed by atoms with Crippen molar-refractivity contribution in [1.82, 2.24) is 14.5 Å². The van der Waals surface area contributed by atoms with E-state index in [-0.39, 0.29) is 11.7 Å². The van der Waals surface area contributed by atoms with Gasteiger partial charge in [0.2, 0.25) is 5.91 Å². The summed E-state index contributed by atoms with van der Waals surface area (Å²) >= 11 is 0. The fourth-order valence-electron chi connectivity index (χ4n) is 3.91. The molecule has 0 radical (unpaired) electrons. The van der Waals surface area contributed by atoms with E-state index in [1.54, 1.807) is 6.07 Å². The Bertz CT molecular complexity index is 961. The minimum absolute atomic E-state index is 0.246. The third-order valence-corrected chi connectivity index (χ3v) is 5.20. The van der Waals surface area contributed by atoms with Crippen molar-refractivity contribution in [3.05, 3.63) is 66.2 Å². The summed E-state index contributed by atoms with van der Waals surface area (Å²) in [6.07, 6.45) is 4.29. The van der Waals surface area contributed by atoms with E-state index in [1.165, 1.54) is 6.07 Å². The van der Waals surface area contributed by atoms with Crippen molar-refractivity contribution in [2.45, 2.75) is 32.7 Å². The Morgan fingerprint density at radius 3 is 2.61 bits per heavy atom. The van der Waals surface area contributed by atoms with E-state index in [0.717, 1.165) is 60.6 Å². The van der Waals surface area contributed by atoms with E-state index >= 15 is 0 Å². The number of aromatic nitrogens is 2. The average molecular weight is 377 g/mol. The van der Waals surface area contributed by atoms with Gasteiger partial charge in [0.25, 0.3) is 0 Å². The molecule has 5 heteroatoms. The Balaban J connectivity index is 1.66. The molecule has 0 bridgehead atoms. The lowest BCUT2D eigenvalue weighted by Gasteiger charge is -2.16. The van der Waals surface area contributed by atoms with Crippen LogP contribution in [0, 0.1) is 12.7 Å². The smallest absolute Gasteiger partial charge is 0.222 e. The summed E-state index contributed by atoms with van der Waals surface area (Å²) in [5, 5.41) is 0. The molecule has 1 fully saturated rings. The summed E-state index contributed by atoms with van der Waals surface area (Å²) in [6.45, 7) is 4.23. The SMILES string of the molecule is Cc1cc(F)cc(-c2c(-c3ccccc3)ncn2CCCN2CCCC2=O)c1. The molecule has 1 aliphatic rings. The molecule has 4 rings (SSSR count). The Morgan fingerprint density at radius 1 is 1.07 bits per heavy atom. The Labute approximate surface area is 164 Å². The first-order valence-corrected chi connectivity index (χ1v) is 9.78. The second-order valence-corrected chi connectivity index (χ2v) is 7.36. The van der Waals surface area contributed by atoms with Gasteiger partial charge in [0.1, 0.15) is 5.82 Å². The number of hydrogen-bond donors (Lipinski definition) is 0. The first kappa shape index (κ1) is 18.4. The molecule has 0 aliphatic carbocycles. The molecule has 2 aromatic carbocycles. The Morgan fingerprint density at radius 2 is 1.89 bits per heavy atom. The maximum atomic E-state index is 14.1. The number of halogens is 1. The zero-order valence-corrected chi connectivity index (χ0v) is 16.1. The van der Waals surface area contributed by atoms with Gasteiger partial charge in [-0.2, -0.15) is 0 Å². The topological polar surface area (TPSA) is 38.1 Å². The number of amides is 1. The minimum Gasteiger partial charge on any atom is -0.343 e. The van der Waals surface area contributed by atoms with E-state index < -0.39 is 0 Å². The second-order valence-electron chi connectivity index (χ2n) is 7.36. The zero-order valence-electron chi connectivity index (χ0n) is 16.1. The maximum absolute atomic E-state index is 14.1. The van der Waals surface area contributed by atoms with Crippen LogP contribution in [-0.4, -0.2) is 33.4 Å². The second kappa shape index (κ2) is 7.97. The number of hydrogen-bond acceptors (Lipinski definition) is 2. The molecule has 0 saturated carbocycles. The molecule has 4 nitrogen and oxygen atoms in total. The number of aryl methyl sites for hydroxylation is 2. The number of carbonyl (C=O) groups is 1. The summed E-state index contributed by atoms with van der Waals surface area (Å²) in [5.41, 5.74) is 4.48. The van der Waals surface area contributed by atoms with Crippen LogP contribution in [0.4, 0.5) is 4.39 Å². The molecule has 1 amide bonds. The monoisotopic (exact) mass is 377 g/mol. The van der Waals surface area contributed by atoms with Gasteiger partial charge in [0, 0.05) is 37.2 Å². The lowest BCUT2D eigenvalue weighted by Crippen LogP contribution is -2.26. The highest BCUT2D eigenvalue weighted by Crippen LogP contribution is 2.32. The fraction of sp³-hybridized carbons (Fsp3) is 0.304. The maximum Gasteiger partial charge on any atom is 0.222 e. The van der Waals surface area contributed by atoms with Crippen LogP contribution in [-0.2, 0) is 11.3 Å². The molecule has 1 aromatic heterocycles. The predicted molar refractivity (Wildman–Crippen MR) is 108 cm³/mol. The molecular weight excluding hydrogens is 353 g/mol. The van der Waals surface area contributed by atoms with Crippen molar-refractivity contribution in [2.24, 2.45) is 0 Å². The van der Waals surface area contributed by atoms with Gasteiger partial charge in [-0.15, -0.1) is 0 Å². The highest BCUT2D eigenvalue weighted by molar-refractivity contribution is 5.79. The van der Waals surface area contributed by atoms with Crippen LogP contribution >= 0.6 is 0 Å². The zero-order chi connectivity index (χ0) is 19.5. The van der Waals surface area contributed by atoms with Crippen molar-refractivity contribution < 1.29 is 9.18 Å². The number of carbonyl (C=O) groups excluding carboxylic acids is 1. The molecule has 1 saturated heterocycles. The van der Waals surface area contributed by atoms with Crippen LogP contribution in [0.5, 0.6) is 0 Å². The molecule has 1 aliphatic heterocycles. The molecular formula is C23H24FN3O. The highest BCUT2D eigenvalue weighted by Gasteiger charge is 2.20. The van der Waals surface area contributed by atoms with Crippen molar-refractivity contribution in [3.63, 3.8) is 0 Å². The Hall–Kier alpha value is -2.95. The van der Waals surface area contributed by atoms with Gasteiger partial charge in [-0.25, -0.2) is 9.37 Å². The molecule has 2 heterocycles. The van der Waals surface area contributed by atoms with E-state index in [2.05, 4.69) is 9.55 Å². The third-order valence-electron chi connectivity index (χ3n) is 5.20. The largest absolute Gasteiger partial charge is 0.343 e. The lowest BCUT2D eigenvalue weighted by atomic mass is 10.0.